The molecule has 0 aromatic heterocycles. The number of nitrogens with zero attached hydrogens (tertiary/aromatic N) is 3. The van der Waals surface area contributed by atoms with E-state index in [0.29, 0.717) is 0 Å². The predicted octanol–water partition coefficient (Wildman–Crippen LogP) is -7.94. The van der Waals surface area contributed by atoms with E-state index in [-0.39, 0.29) is 51.9 Å². The molecule has 4 saturated heterocycles. The molecule has 25 heteroatoms. The Labute approximate surface area is 349 Å². The highest BCUT2D eigenvalue weighted by Gasteiger charge is 2.48. The molecular formula is C36H56N10O15. The van der Waals surface area contributed by atoms with Crippen molar-refractivity contribution in [1.82, 2.24) is 46.6 Å². The summed E-state index contributed by atoms with van der Waals surface area (Å²) in [6, 6.07) is -11.5. The van der Waals surface area contributed by atoms with Gasteiger partial charge in [0, 0.05) is 45.4 Å². The molecule has 0 unspecified atom stereocenters. The molecule has 340 valence electrons. The maximum absolute atomic E-state index is 13.4. The molecule has 4 aliphatic rings. The average Bonchev–Trinajstić information content (AvgIpc) is 3.99. The molecule has 0 spiro atoms. The first-order chi connectivity index (χ1) is 28.5. The number of hydrogen-bond donors (Lipinski definition) is 12. The zero-order valence-electron chi connectivity index (χ0n) is 34.1. The number of aliphatic carboxylic acids is 1. The van der Waals surface area contributed by atoms with Gasteiger partial charge in [0.1, 0.15) is 48.3 Å². The number of carbonyl (C=O) groups is 10. The van der Waals surface area contributed by atoms with Crippen LogP contribution in [0.15, 0.2) is 0 Å². The first-order valence-corrected chi connectivity index (χ1v) is 19.9. The monoisotopic (exact) mass is 868 g/mol. The Kier molecular flexibility index (Phi) is 16.1. The number of aliphatic hydroxyl groups is 4. The lowest BCUT2D eigenvalue weighted by Crippen LogP contribution is -2.59. The number of aliphatic hydroxyl groups excluding tert-OH is 4. The summed E-state index contributed by atoms with van der Waals surface area (Å²) in [5.74, 6) is -9.02. The first kappa shape index (κ1) is 48.2. The molecular weight excluding hydrogens is 812 g/mol. The van der Waals surface area contributed by atoms with Gasteiger partial charge in [0.2, 0.25) is 53.2 Å². The lowest BCUT2D eigenvalue weighted by molar-refractivity contribution is -0.152. The van der Waals surface area contributed by atoms with Crippen LogP contribution in [0.3, 0.4) is 0 Å². The number of β-amino-alcohol motifs (C(OH)–C–C–N with tert-alkyl or cyclic N) is 4. The zero-order chi connectivity index (χ0) is 45.6. The predicted molar refractivity (Wildman–Crippen MR) is 205 cm³/mol. The molecule has 0 bridgehead atoms. The van der Waals surface area contributed by atoms with E-state index in [4.69, 9.17) is 5.73 Å². The quantitative estimate of drug-likeness (QED) is 0.0685. The van der Waals surface area contributed by atoms with Crippen molar-refractivity contribution >= 4 is 59.1 Å². The van der Waals surface area contributed by atoms with Crippen molar-refractivity contribution in [2.24, 2.45) is 5.73 Å². The first-order valence-electron chi connectivity index (χ1n) is 19.9. The number of carboxylic acid groups (broad SMARTS) is 1. The minimum Gasteiger partial charge on any atom is -0.480 e. The Hall–Kier alpha value is -5.50. The molecule has 4 rings (SSSR count). The highest BCUT2D eigenvalue weighted by molar-refractivity contribution is 5.99. The Morgan fingerprint density at radius 3 is 1.56 bits per heavy atom. The maximum Gasteiger partial charge on any atom is 0.326 e. The molecule has 61 heavy (non-hydrogen) atoms. The third-order valence-corrected chi connectivity index (χ3v) is 11.0. The van der Waals surface area contributed by atoms with Crippen molar-refractivity contribution in [1.29, 1.82) is 0 Å². The minimum absolute atomic E-state index is 0.100. The van der Waals surface area contributed by atoms with Crippen LogP contribution in [0.1, 0.15) is 59.8 Å². The minimum atomic E-state index is -1.65. The molecule has 4 aliphatic heterocycles. The summed E-state index contributed by atoms with van der Waals surface area (Å²) < 4.78 is 0. The largest absolute Gasteiger partial charge is 0.480 e. The van der Waals surface area contributed by atoms with Gasteiger partial charge in [0.05, 0.1) is 36.9 Å². The lowest BCUT2D eigenvalue weighted by atomic mass is 10.1. The molecule has 4 fully saturated rings. The molecule has 0 saturated carbocycles. The summed E-state index contributed by atoms with van der Waals surface area (Å²) in [7, 11) is 0. The van der Waals surface area contributed by atoms with Crippen LogP contribution in [-0.2, 0) is 47.9 Å². The maximum atomic E-state index is 13.4. The standard InChI is InChI=1S/C36H56N10O15/c1-14(29(53)42-17(4)33(57)45-12-20(49)7-25(45)35(59)46-13-21(50)8-26(46)36(60)61)40-31(55)22(9-27(37)51)43-30(54)16(3)39-28(52)15(2)41-32(56)24-6-19(48)11-44(24)34(58)23-5-18(47)10-38-23/h14-26,38,47-50H,5-13H2,1-4H3,(H2,37,51)(H,39,52)(H,40,55)(H,41,56)(H,42,53)(H,43,54)(H,60,61)/t14-,15-,16-,17-,18+,19+,20+,21+,22-,23-,24-,25-,26-/m0/s1. The molecule has 0 radical (unpaired) electrons. The van der Waals surface area contributed by atoms with E-state index in [1.54, 1.807) is 0 Å². The highest BCUT2D eigenvalue weighted by atomic mass is 16.4. The van der Waals surface area contributed by atoms with Crippen molar-refractivity contribution in [2.45, 2.75) is 139 Å². The molecule has 9 amide bonds. The molecule has 4 heterocycles. The Balaban J connectivity index is 1.29. The van der Waals surface area contributed by atoms with Crippen molar-refractivity contribution < 1.29 is 73.5 Å². The number of hydrogen-bond acceptors (Lipinski definition) is 15. The number of nitrogens with two attached hydrogens (primary N) is 1. The summed E-state index contributed by atoms with van der Waals surface area (Å²) in [4.78, 5) is 132. The van der Waals surface area contributed by atoms with Gasteiger partial charge in [0.25, 0.3) is 0 Å². The van der Waals surface area contributed by atoms with Crippen LogP contribution < -0.4 is 37.6 Å². The number of rotatable bonds is 16. The number of primary amides is 1. The summed E-state index contributed by atoms with van der Waals surface area (Å²) in [6.45, 7) is 4.49. The Morgan fingerprint density at radius 2 is 1.03 bits per heavy atom. The topological polar surface area (TPSA) is 380 Å². The van der Waals surface area contributed by atoms with Gasteiger partial charge in [-0.15, -0.1) is 0 Å². The molecule has 13 N–H and O–H groups in total. The van der Waals surface area contributed by atoms with Crippen LogP contribution >= 0.6 is 0 Å². The van der Waals surface area contributed by atoms with Gasteiger partial charge in [0.15, 0.2) is 0 Å². The van der Waals surface area contributed by atoms with Gasteiger partial charge in [-0.05, 0) is 34.1 Å². The molecule has 25 nitrogen and oxygen atoms in total. The van der Waals surface area contributed by atoms with Gasteiger partial charge in [-0.25, -0.2) is 4.79 Å². The third kappa shape index (κ3) is 12.1. The zero-order valence-corrected chi connectivity index (χ0v) is 34.1. The van der Waals surface area contributed by atoms with E-state index in [1.165, 1.54) is 32.6 Å². The highest BCUT2D eigenvalue weighted by Crippen LogP contribution is 2.26. The summed E-state index contributed by atoms with van der Waals surface area (Å²) >= 11 is 0. The smallest absolute Gasteiger partial charge is 0.326 e. The Morgan fingerprint density at radius 1 is 0.574 bits per heavy atom. The summed E-state index contributed by atoms with van der Waals surface area (Å²) in [5.41, 5.74) is 5.30. The van der Waals surface area contributed by atoms with E-state index < -0.39 is 144 Å². The van der Waals surface area contributed by atoms with Crippen molar-refractivity contribution in [2.75, 3.05) is 26.2 Å². The summed E-state index contributed by atoms with van der Waals surface area (Å²) in [6.07, 6.45) is -5.15. The number of carboxylic acids is 1. The van der Waals surface area contributed by atoms with Crippen LogP contribution in [0.2, 0.25) is 0 Å². The Bertz CT molecular complexity index is 1750. The van der Waals surface area contributed by atoms with Crippen LogP contribution in [0.4, 0.5) is 0 Å². The van der Waals surface area contributed by atoms with Gasteiger partial charge < -0.3 is 77.9 Å². The second kappa shape index (κ2) is 20.4. The second-order valence-corrected chi connectivity index (χ2v) is 16.0. The van der Waals surface area contributed by atoms with Gasteiger partial charge in [-0.3, -0.25) is 43.2 Å². The molecule has 0 aromatic rings. The van der Waals surface area contributed by atoms with Gasteiger partial charge in [-0.1, -0.05) is 0 Å². The molecule has 0 aliphatic carbocycles. The van der Waals surface area contributed by atoms with Crippen molar-refractivity contribution in [3.05, 3.63) is 0 Å². The van der Waals surface area contributed by atoms with Crippen molar-refractivity contribution in [3.63, 3.8) is 0 Å². The van der Waals surface area contributed by atoms with Crippen molar-refractivity contribution in [3.8, 4) is 0 Å². The lowest BCUT2D eigenvalue weighted by Gasteiger charge is -2.31. The van der Waals surface area contributed by atoms with Crippen LogP contribution in [0.25, 0.3) is 0 Å². The van der Waals surface area contributed by atoms with E-state index in [0.717, 1.165) is 9.80 Å². The van der Waals surface area contributed by atoms with E-state index in [1.807, 2.05) is 0 Å². The van der Waals surface area contributed by atoms with Crippen LogP contribution in [0.5, 0.6) is 0 Å². The van der Waals surface area contributed by atoms with Gasteiger partial charge in [-0.2, -0.15) is 0 Å². The normalized spacial score (nSPS) is 28.5. The molecule has 0 aromatic carbocycles. The van der Waals surface area contributed by atoms with E-state index >= 15 is 0 Å². The fourth-order valence-corrected chi connectivity index (χ4v) is 7.70. The third-order valence-electron chi connectivity index (χ3n) is 11.0. The number of nitrogens with one attached hydrogen (secondary N) is 6. The SMILES string of the molecule is C[C@H](NC(=O)[C@H](C)NC(=O)[C@@H]1C[C@@H](O)CN1C(=O)[C@@H]1C[C@@H](O)CN1)C(=O)N[C@@H](CC(N)=O)C(=O)N[C@@H](C)C(=O)N[C@@H](C)C(=O)N1C[C@H](O)C[C@H]1C(=O)N1C[C@H](O)C[C@H]1C(=O)O. The van der Waals surface area contributed by atoms with Gasteiger partial charge >= 0.3 is 5.97 Å². The second-order valence-electron chi connectivity index (χ2n) is 16.0. The molecule has 13 atom stereocenters. The average molecular weight is 869 g/mol. The number of carbonyl (C=O) groups excluding carboxylic acids is 9. The van der Waals surface area contributed by atoms with E-state index in [2.05, 4.69) is 31.9 Å². The van der Waals surface area contributed by atoms with Crippen LogP contribution in [-0.4, -0.2) is 204 Å². The summed E-state index contributed by atoms with van der Waals surface area (Å²) in [5, 5.41) is 64.4. The number of amides is 9. The van der Waals surface area contributed by atoms with E-state index in [9.17, 15) is 73.5 Å². The van der Waals surface area contributed by atoms with Crippen LogP contribution in [0, 0.1) is 0 Å². The number of likely N-dealkylation sites (tertiary alicyclic amines) is 3. The fraction of sp³-hybridized carbons (Fsp3) is 0.722. The fourth-order valence-electron chi connectivity index (χ4n) is 7.70.